The molecule has 0 saturated carbocycles. The first-order valence-electron chi connectivity index (χ1n) is 9.73. The van der Waals surface area contributed by atoms with Crippen LogP contribution in [0.3, 0.4) is 0 Å². The highest BCUT2D eigenvalue weighted by atomic mass is 127. The summed E-state index contributed by atoms with van der Waals surface area (Å²) in [5, 5.41) is 10.4. The molecule has 0 spiro atoms. The first-order chi connectivity index (χ1) is 14.2. The number of benzene rings is 1. The Morgan fingerprint density at radius 3 is 2.30 bits per heavy atom. The summed E-state index contributed by atoms with van der Waals surface area (Å²) < 4.78 is 16.3. The zero-order chi connectivity index (χ0) is 20.6. The standard InChI is InChI=1S/C21H30N4O3S.HI/c1-22-21(24-16-7-9-25(10-8-16)19-6-5-11-29-19)23-14-15-12-17(26-2)20(28-4)18(13-15)27-3;/h5-6,11-13,16H,7-10,14H2,1-4H3,(H2,22,23,24);1H. The normalized spacial score (nSPS) is 14.7. The van der Waals surface area contributed by atoms with Crippen molar-refractivity contribution in [3.8, 4) is 17.2 Å². The molecule has 0 amide bonds. The van der Waals surface area contributed by atoms with E-state index in [0.29, 0.717) is 29.8 Å². The molecule has 0 radical (unpaired) electrons. The number of rotatable bonds is 7. The maximum absolute atomic E-state index is 5.43. The number of anilines is 1. The van der Waals surface area contributed by atoms with E-state index in [4.69, 9.17) is 14.2 Å². The summed E-state index contributed by atoms with van der Waals surface area (Å²) in [5.41, 5.74) is 1.02. The molecular formula is C21H31IN4O3S. The summed E-state index contributed by atoms with van der Waals surface area (Å²) in [5.74, 6) is 2.69. The Labute approximate surface area is 199 Å². The SMILES string of the molecule is CN=C(NCc1cc(OC)c(OC)c(OC)c1)NC1CCN(c2cccs2)CC1.I. The van der Waals surface area contributed by atoms with Gasteiger partial charge in [-0.2, -0.15) is 0 Å². The molecule has 9 heteroatoms. The third-order valence-corrected chi connectivity index (χ3v) is 5.99. The lowest BCUT2D eigenvalue weighted by Gasteiger charge is -2.33. The minimum Gasteiger partial charge on any atom is -0.493 e. The van der Waals surface area contributed by atoms with Crippen molar-refractivity contribution in [2.24, 2.45) is 4.99 Å². The molecule has 1 aromatic heterocycles. The average Bonchev–Trinajstić information content (AvgIpc) is 3.31. The quantitative estimate of drug-likeness (QED) is 0.314. The Morgan fingerprint density at radius 1 is 1.13 bits per heavy atom. The van der Waals surface area contributed by atoms with E-state index in [1.165, 1.54) is 5.00 Å². The molecule has 2 heterocycles. The molecule has 0 aliphatic carbocycles. The fourth-order valence-corrected chi connectivity index (χ4v) is 4.29. The molecule has 3 rings (SSSR count). The van der Waals surface area contributed by atoms with Gasteiger partial charge in [0.15, 0.2) is 17.5 Å². The maximum Gasteiger partial charge on any atom is 0.203 e. The second-order valence-corrected chi connectivity index (χ2v) is 7.74. The lowest BCUT2D eigenvalue weighted by molar-refractivity contribution is 0.323. The molecule has 30 heavy (non-hydrogen) atoms. The Morgan fingerprint density at radius 2 is 1.80 bits per heavy atom. The predicted octanol–water partition coefficient (Wildman–Crippen LogP) is 3.73. The summed E-state index contributed by atoms with van der Waals surface area (Å²) in [6, 6.07) is 8.61. The number of methoxy groups -OCH3 is 3. The number of ether oxygens (including phenoxy) is 3. The Bertz CT molecular complexity index is 784. The number of halogens is 1. The van der Waals surface area contributed by atoms with Crippen molar-refractivity contribution in [3.63, 3.8) is 0 Å². The molecule has 0 unspecified atom stereocenters. The van der Waals surface area contributed by atoms with E-state index in [9.17, 15) is 0 Å². The molecule has 166 valence electrons. The highest BCUT2D eigenvalue weighted by molar-refractivity contribution is 14.0. The van der Waals surface area contributed by atoms with Crippen LogP contribution in [0.5, 0.6) is 17.2 Å². The molecule has 1 aliphatic rings. The van der Waals surface area contributed by atoms with Gasteiger partial charge in [-0.15, -0.1) is 35.3 Å². The van der Waals surface area contributed by atoms with Gasteiger partial charge in [-0.3, -0.25) is 4.99 Å². The van der Waals surface area contributed by atoms with Gasteiger partial charge >= 0.3 is 0 Å². The number of hydrogen-bond donors (Lipinski definition) is 2. The van der Waals surface area contributed by atoms with E-state index < -0.39 is 0 Å². The highest BCUT2D eigenvalue weighted by Crippen LogP contribution is 2.38. The molecule has 1 aromatic carbocycles. The summed E-state index contributed by atoms with van der Waals surface area (Å²) >= 11 is 1.80. The van der Waals surface area contributed by atoms with Gasteiger partial charge in [0.2, 0.25) is 5.75 Å². The fraction of sp³-hybridized carbons (Fsp3) is 0.476. The van der Waals surface area contributed by atoms with Crippen LogP contribution >= 0.6 is 35.3 Å². The van der Waals surface area contributed by atoms with Crippen LogP contribution in [0.1, 0.15) is 18.4 Å². The summed E-state index contributed by atoms with van der Waals surface area (Å²) in [4.78, 5) is 6.83. The zero-order valence-corrected chi connectivity index (χ0v) is 21.1. The number of aliphatic imine (C=N–C) groups is 1. The van der Waals surface area contributed by atoms with Crippen molar-refractivity contribution < 1.29 is 14.2 Å². The molecule has 1 saturated heterocycles. The van der Waals surface area contributed by atoms with Crippen LogP contribution in [-0.4, -0.2) is 53.5 Å². The molecule has 0 bridgehead atoms. The van der Waals surface area contributed by atoms with Crippen LogP contribution in [0.25, 0.3) is 0 Å². The number of nitrogens with zero attached hydrogens (tertiary/aromatic N) is 2. The van der Waals surface area contributed by atoms with E-state index in [1.54, 1.807) is 39.7 Å². The number of hydrogen-bond acceptors (Lipinski definition) is 6. The molecule has 2 N–H and O–H groups in total. The number of nitrogens with one attached hydrogen (secondary N) is 2. The van der Waals surface area contributed by atoms with Crippen molar-refractivity contribution >= 4 is 46.3 Å². The van der Waals surface area contributed by atoms with Gasteiger partial charge in [-0.1, -0.05) is 0 Å². The number of guanidine groups is 1. The van der Waals surface area contributed by atoms with Crippen LogP contribution in [0, 0.1) is 0 Å². The van der Waals surface area contributed by atoms with Crippen molar-refractivity contribution in [1.29, 1.82) is 0 Å². The second kappa shape index (κ2) is 12.1. The van der Waals surface area contributed by atoms with Gasteiger partial charge in [0.1, 0.15) is 0 Å². The third-order valence-electron chi connectivity index (χ3n) is 5.06. The molecule has 1 aliphatic heterocycles. The second-order valence-electron chi connectivity index (χ2n) is 6.82. The van der Waals surface area contributed by atoms with Crippen LogP contribution < -0.4 is 29.7 Å². The first kappa shape index (κ1) is 24.4. The van der Waals surface area contributed by atoms with Crippen LogP contribution in [0.4, 0.5) is 5.00 Å². The largest absolute Gasteiger partial charge is 0.493 e. The van der Waals surface area contributed by atoms with Gasteiger partial charge in [0.05, 0.1) is 26.3 Å². The number of thiophene rings is 1. The van der Waals surface area contributed by atoms with Crippen molar-refractivity contribution in [2.45, 2.75) is 25.4 Å². The molecular weight excluding hydrogens is 515 g/mol. The van der Waals surface area contributed by atoms with E-state index in [2.05, 4.69) is 38.0 Å². The maximum atomic E-state index is 5.43. The Hall–Kier alpha value is -1.88. The van der Waals surface area contributed by atoms with Gasteiger partial charge in [0, 0.05) is 32.7 Å². The molecule has 2 aromatic rings. The van der Waals surface area contributed by atoms with Gasteiger partial charge < -0.3 is 29.7 Å². The topological polar surface area (TPSA) is 67.4 Å². The van der Waals surface area contributed by atoms with E-state index in [1.807, 2.05) is 12.1 Å². The Balaban J connectivity index is 0.00000320. The van der Waals surface area contributed by atoms with Gasteiger partial charge in [-0.25, -0.2) is 0 Å². The van der Waals surface area contributed by atoms with Crippen molar-refractivity contribution in [2.75, 3.05) is 46.4 Å². The molecule has 1 fully saturated rings. The monoisotopic (exact) mass is 546 g/mol. The Kier molecular flexibility index (Phi) is 9.83. The zero-order valence-electron chi connectivity index (χ0n) is 17.9. The lowest BCUT2D eigenvalue weighted by Crippen LogP contribution is -2.48. The minimum absolute atomic E-state index is 0. The summed E-state index contributed by atoms with van der Waals surface area (Å²) in [6.07, 6.45) is 2.17. The third kappa shape index (κ3) is 6.07. The average molecular weight is 546 g/mol. The van der Waals surface area contributed by atoms with Crippen LogP contribution in [0.2, 0.25) is 0 Å². The van der Waals surface area contributed by atoms with Crippen LogP contribution in [-0.2, 0) is 6.54 Å². The van der Waals surface area contributed by atoms with E-state index >= 15 is 0 Å². The predicted molar refractivity (Wildman–Crippen MR) is 134 cm³/mol. The summed E-state index contributed by atoms with van der Waals surface area (Å²) in [7, 11) is 6.65. The van der Waals surface area contributed by atoms with Crippen molar-refractivity contribution in [1.82, 2.24) is 10.6 Å². The summed E-state index contributed by atoms with van der Waals surface area (Å²) in [6.45, 7) is 2.72. The number of piperidine rings is 1. The van der Waals surface area contributed by atoms with E-state index in [0.717, 1.165) is 37.5 Å². The van der Waals surface area contributed by atoms with Crippen LogP contribution in [0.15, 0.2) is 34.6 Å². The molecule has 0 atom stereocenters. The highest BCUT2D eigenvalue weighted by Gasteiger charge is 2.21. The lowest BCUT2D eigenvalue weighted by atomic mass is 10.1. The molecule has 7 nitrogen and oxygen atoms in total. The van der Waals surface area contributed by atoms with Gasteiger partial charge in [-0.05, 0) is 48.1 Å². The van der Waals surface area contributed by atoms with E-state index in [-0.39, 0.29) is 24.0 Å². The minimum atomic E-state index is 0. The van der Waals surface area contributed by atoms with Gasteiger partial charge in [0.25, 0.3) is 0 Å². The fourth-order valence-electron chi connectivity index (χ4n) is 3.51. The van der Waals surface area contributed by atoms with Crippen molar-refractivity contribution in [3.05, 3.63) is 35.2 Å². The smallest absolute Gasteiger partial charge is 0.203 e. The first-order valence-corrected chi connectivity index (χ1v) is 10.6.